The molecule has 1 amide bonds. The Morgan fingerprint density at radius 3 is 2.71 bits per heavy atom. The molecule has 0 saturated heterocycles. The fourth-order valence-electron chi connectivity index (χ4n) is 1.89. The molecule has 21 heavy (non-hydrogen) atoms. The van der Waals surface area contributed by atoms with Crippen LogP contribution in [0.3, 0.4) is 0 Å². The third kappa shape index (κ3) is 3.30. The maximum Gasteiger partial charge on any atom is 0.341 e. The summed E-state index contributed by atoms with van der Waals surface area (Å²) in [5, 5.41) is 0.841. The summed E-state index contributed by atoms with van der Waals surface area (Å²) >= 11 is 1.34. The highest BCUT2D eigenvalue weighted by Crippen LogP contribution is 2.19. The third-order valence-electron chi connectivity index (χ3n) is 2.95. The van der Waals surface area contributed by atoms with Gasteiger partial charge in [0, 0.05) is 7.05 Å². The lowest BCUT2D eigenvalue weighted by molar-refractivity contribution is 0.0598. The molecule has 0 aliphatic rings. The normalized spacial score (nSPS) is 10.5. The lowest BCUT2D eigenvalue weighted by Crippen LogP contribution is -2.25. The van der Waals surface area contributed by atoms with E-state index in [1.54, 1.807) is 26.2 Å². The van der Waals surface area contributed by atoms with Gasteiger partial charge in [0.2, 0.25) is 0 Å². The van der Waals surface area contributed by atoms with Crippen molar-refractivity contribution in [2.45, 2.75) is 20.4 Å². The molecule has 0 atom stereocenters. The summed E-state index contributed by atoms with van der Waals surface area (Å²) in [7, 11) is 2.99. The smallest absolute Gasteiger partial charge is 0.341 e. The fraction of sp³-hybridized carbons (Fsp3) is 0.357. The topological polar surface area (TPSA) is 72.6 Å². The molecule has 0 aliphatic carbocycles. The summed E-state index contributed by atoms with van der Waals surface area (Å²) in [4.78, 5) is 29.9. The highest BCUT2D eigenvalue weighted by atomic mass is 32.1. The Morgan fingerprint density at radius 1 is 1.43 bits per heavy atom. The van der Waals surface area contributed by atoms with Crippen LogP contribution in [0.2, 0.25) is 0 Å². The zero-order chi connectivity index (χ0) is 15.6. The standard InChI is InChI=1S/C14H16N2O4S/c1-8-11(14(18)19-4)5-10(20-8)7-16(3)13(17)12-6-15-9(2)21-12/h5-6H,7H2,1-4H3. The Morgan fingerprint density at radius 2 is 2.14 bits per heavy atom. The highest BCUT2D eigenvalue weighted by molar-refractivity contribution is 7.13. The van der Waals surface area contributed by atoms with E-state index in [1.165, 1.54) is 23.3 Å². The summed E-state index contributed by atoms with van der Waals surface area (Å²) in [5.74, 6) is 0.431. The van der Waals surface area contributed by atoms with Gasteiger partial charge in [-0.05, 0) is 19.9 Å². The fourth-order valence-corrected chi connectivity index (χ4v) is 2.66. The van der Waals surface area contributed by atoms with Gasteiger partial charge < -0.3 is 14.1 Å². The van der Waals surface area contributed by atoms with E-state index in [2.05, 4.69) is 9.72 Å². The van der Waals surface area contributed by atoms with Crippen LogP contribution in [0.15, 0.2) is 16.7 Å². The minimum atomic E-state index is -0.449. The van der Waals surface area contributed by atoms with Gasteiger partial charge >= 0.3 is 5.97 Å². The van der Waals surface area contributed by atoms with Crippen LogP contribution in [0.5, 0.6) is 0 Å². The summed E-state index contributed by atoms with van der Waals surface area (Å²) < 4.78 is 10.2. The van der Waals surface area contributed by atoms with E-state index in [0.717, 1.165) is 5.01 Å². The number of hydrogen-bond acceptors (Lipinski definition) is 6. The van der Waals surface area contributed by atoms with Crippen molar-refractivity contribution in [2.75, 3.05) is 14.2 Å². The second-order valence-corrected chi connectivity index (χ2v) is 5.81. The number of esters is 1. The first-order valence-electron chi connectivity index (χ1n) is 6.28. The number of furan rings is 1. The van der Waals surface area contributed by atoms with Crippen LogP contribution in [0.1, 0.15) is 36.6 Å². The van der Waals surface area contributed by atoms with Crippen molar-refractivity contribution in [3.05, 3.63) is 39.2 Å². The van der Waals surface area contributed by atoms with Crippen molar-refractivity contribution in [3.8, 4) is 0 Å². The maximum absolute atomic E-state index is 12.2. The molecule has 2 heterocycles. The number of ether oxygens (including phenoxy) is 1. The van der Waals surface area contributed by atoms with Gasteiger partial charge in [-0.3, -0.25) is 4.79 Å². The molecule has 7 heteroatoms. The van der Waals surface area contributed by atoms with E-state index in [-0.39, 0.29) is 12.5 Å². The number of aryl methyl sites for hydroxylation is 2. The quantitative estimate of drug-likeness (QED) is 0.811. The largest absolute Gasteiger partial charge is 0.465 e. The molecule has 0 fully saturated rings. The molecule has 2 aromatic heterocycles. The lowest BCUT2D eigenvalue weighted by atomic mass is 10.2. The molecule has 0 spiro atoms. The second-order valence-electron chi connectivity index (χ2n) is 4.58. The predicted molar refractivity (Wildman–Crippen MR) is 77.4 cm³/mol. The Bertz CT molecular complexity index is 674. The number of methoxy groups -OCH3 is 1. The minimum absolute atomic E-state index is 0.130. The van der Waals surface area contributed by atoms with Crippen molar-refractivity contribution >= 4 is 23.2 Å². The summed E-state index contributed by atoms with van der Waals surface area (Å²) in [5.41, 5.74) is 0.377. The van der Waals surface area contributed by atoms with Gasteiger partial charge in [-0.15, -0.1) is 11.3 Å². The number of thiazole rings is 1. The molecule has 2 rings (SSSR count). The summed E-state index contributed by atoms with van der Waals surface area (Å²) in [6, 6.07) is 1.60. The SMILES string of the molecule is COC(=O)c1cc(CN(C)C(=O)c2cnc(C)s2)oc1C. The number of nitrogens with zero attached hydrogens (tertiary/aromatic N) is 2. The van der Waals surface area contributed by atoms with Crippen LogP contribution in [0.4, 0.5) is 0 Å². The Kier molecular flexibility index (Phi) is 4.42. The molecule has 112 valence electrons. The third-order valence-corrected chi connectivity index (χ3v) is 3.85. The second kappa shape index (κ2) is 6.09. The molecule has 0 aliphatic heterocycles. The number of amides is 1. The Balaban J connectivity index is 2.11. The van der Waals surface area contributed by atoms with Crippen LogP contribution < -0.4 is 0 Å². The Hall–Kier alpha value is -2.15. The first kappa shape index (κ1) is 15.2. The number of carbonyl (C=O) groups excluding carboxylic acids is 2. The van der Waals surface area contributed by atoms with Gasteiger partial charge in [0.25, 0.3) is 5.91 Å². The van der Waals surface area contributed by atoms with E-state index in [4.69, 9.17) is 4.42 Å². The number of rotatable bonds is 4. The van der Waals surface area contributed by atoms with Crippen LogP contribution in [-0.4, -0.2) is 35.9 Å². The first-order chi connectivity index (χ1) is 9.92. The van der Waals surface area contributed by atoms with Gasteiger partial charge in [-0.2, -0.15) is 0 Å². The highest BCUT2D eigenvalue weighted by Gasteiger charge is 2.19. The molecule has 6 nitrogen and oxygen atoms in total. The monoisotopic (exact) mass is 308 g/mol. The van der Waals surface area contributed by atoms with Gasteiger partial charge in [0.15, 0.2) is 0 Å². The molecule has 0 N–H and O–H groups in total. The van der Waals surface area contributed by atoms with Gasteiger partial charge in [0.05, 0.1) is 24.9 Å². The van der Waals surface area contributed by atoms with Crippen molar-refractivity contribution < 1.29 is 18.7 Å². The van der Waals surface area contributed by atoms with E-state index >= 15 is 0 Å². The summed E-state index contributed by atoms with van der Waals surface area (Å²) in [6.07, 6.45) is 1.56. The predicted octanol–water partition coefficient (Wildman–Crippen LogP) is 2.41. The molecule has 0 radical (unpaired) electrons. The van der Waals surface area contributed by atoms with E-state index in [0.29, 0.717) is 22.0 Å². The average molecular weight is 308 g/mol. The van der Waals surface area contributed by atoms with Gasteiger partial charge in [0.1, 0.15) is 22.0 Å². The molecule has 0 bridgehead atoms. The minimum Gasteiger partial charge on any atom is -0.465 e. The number of aromatic nitrogens is 1. The first-order valence-corrected chi connectivity index (χ1v) is 7.09. The Labute approximate surface area is 126 Å². The summed E-state index contributed by atoms with van der Waals surface area (Å²) in [6.45, 7) is 3.80. The van der Waals surface area contributed by atoms with Crippen molar-refractivity contribution in [3.63, 3.8) is 0 Å². The molecule has 0 unspecified atom stereocenters. The van der Waals surface area contributed by atoms with Gasteiger partial charge in [-0.25, -0.2) is 9.78 Å². The van der Waals surface area contributed by atoms with Crippen LogP contribution in [0.25, 0.3) is 0 Å². The van der Waals surface area contributed by atoms with Crippen LogP contribution >= 0.6 is 11.3 Å². The van der Waals surface area contributed by atoms with E-state index < -0.39 is 5.97 Å². The van der Waals surface area contributed by atoms with Crippen molar-refractivity contribution in [1.29, 1.82) is 0 Å². The lowest BCUT2D eigenvalue weighted by Gasteiger charge is -2.14. The van der Waals surface area contributed by atoms with E-state index in [9.17, 15) is 9.59 Å². The number of hydrogen-bond donors (Lipinski definition) is 0. The van der Waals surface area contributed by atoms with Crippen LogP contribution in [0, 0.1) is 13.8 Å². The van der Waals surface area contributed by atoms with E-state index in [1.807, 2.05) is 6.92 Å². The maximum atomic E-state index is 12.2. The average Bonchev–Trinajstić information content (AvgIpc) is 3.03. The van der Waals surface area contributed by atoms with Crippen molar-refractivity contribution in [1.82, 2.24) is 9.88 Å². The van der Waals surface area contributed by atoms with Gasteiger partial charge in [-0.1, -0.05) is 0 Å². The molecule has 2 aromatic rings. The van der Waals surface area contributed by atoms with Crippen LogP contribution in [-0.2, 0) is 11.3 Å². The molecule has 0 aromatic carbocycles. The zero-order valence-corrected chi connectivity index (χ0v) is 13.1. The van der Waals surface area contributed by atoms with Crippen molar-refractivity contribution in [2.24, 2.45) is 0 Å². The zero-order valence-electron chi connectivity index (χ0n) is 12.3. The molecule has 0 saturated carbocycles. The molecular formula is C14H16N2O4S. The molecular weight excluding hydrogens is 292 g/mol. The number of carbonyl (C=O) groups is 2.